The summed E-state index contributed by atoms with van der Waals surface area (Å²) in [5, 5.41) is 0. The van der Waals surface area contributed by atoms with Gasteiger partial charge in [0.15, 0.2) is 0 Å². The van der Waals surface area contributed by atoms with E-state index in [0.717, 1.165) is 30.0 Å². The van der Waals surface area contributed by atoms with Crippen LogP contribution >= 0.6 is 24.2 Å². The minimum atomic E-state index is 0. The molecule has 1 amide bonds. The minimum absolute atomic E-state index is 0. The van der Waals surface area contributed by atoms with E-state index in [2.05, 4.69) is 13.8 Å². The SMILES string of the molecule is CC1(C)CN(C(=O)c2ccc(CN)cc2)CCS1.Cl. The topological polar surface area (TPSA) is 46.3 Å². The maximum Gasteiger partial charge on any atom is 0.253 e. The molecule has 0 atom stereocenters. The molecule has 2 rings (SSSR count). The number of nitrogens with two attached hydrogens (primary N) is 1. The van der Waals surface area contributed by atoms with E-state index in [1.54, 1.807) is 0 Å². The average Bonchev–Trinajstić information content (AvgIpc) is 2.37. The maximum absolute atomic E-state index is 12.4. The Labute approximate surface area is 125 Å². The molecule has 1 heterocycles. The van der Waals surface area contributed by atoms with Crippen LogP contribution in [0.5, 0.6) is 0 Å². The van der Waals surface area contributed by atoms with Gasteiger partial charge in [0.05, 0.1) is 0 Å². The molecule has 3 nitrogen and oxygen atoms in total. The summed E-state index contributed by atoms with van der Waals surface area (Å²) < 4.78 is 0.158. The van der Waals surface area contributed by atoms with Crippen LogP contribution in [-0.2, 0) is 6.54 Å². The summed E-state index contributed by atoms with van der Waals surface area (Å²) in [6.45, 7) is 6.55. The number of benzene rings is 1. The zero-order valence-electron chi connectivity index (χ0n) is 11.4. The molecule has 5 heteroatoms. The van der Waals surface area contributed by atoms with Crippen LogP contribution in [0.4, 0.5) is 0 Å². The fourth-order valence-corrected chi connectivity index (χ4v) is 3.27. The summed E-state index contributed by atoms with van der Waals surface area (Å²) >= 11 is 1.93. The van der Waals surface area contributed by atoms with Gasteiger partial charge in [-0.15, -0.1) is 12.4 Å². The molecule has 1 aliphatic rings. The van der Waals surface area contributed by atoms with Gasteiger partial charge in [-0.1, -0.05) is 12.1 Å². The molecule has 19 heavy (non-hydrogen) atoms. The second-order valence-electron chi connectivity index (χ2n) is 5.24. The number of halogens is 1. The molecule has 0 aromatic heterocycles. The van der Waals surface area contributed by atoms with E-state index >= 15 is 0 Å². The van der Waals surface area contributed by atoms with E-state index in [9.17, 15) is 4.79 Å². The first kappa shape index (κ1) is 16.3. The third kappa shape index (κ3) is 4.13. The van der Waals surface area contributed by atoms with E-state index in [-0.39, 0.29) is 23.1 Å². The molecule has 0 radical (unpaired) electrons. The van der Waals surface area contributed by atoms with Crippen molar-refractivity contribution in [2.45, 2.75) is 25.1 Å². The third-order valence-corrected chi connectivity index (χ3v) is 4.45. The number of nitrogens with zero attached hydrogens (tertiary/aromatic N) is 1. The van der Waals surface area contributed by atoms with Crippen LogP contribution in [0.25, 0.3) is 0 Å². The van der Waals surface area contributed by atoms with Crippen molar-refractivity contribution in [1.29, 1.82) is 0 Å². The largest absolute Gasteiger partial charge is 0.336 e. The molecule has 1 aromatic rings. The van der Waals surface area contributed by atoms with E-state index in [1.807, 2.05) is 40.9 Å². The zero-order valence-corrected chi connectivity index (χ0v) is 13.0. The molecule has 0 aliphatic carbocycles. The molecule has 106 valence electrons. The molecule has 1 fully saturated rings. The number of hydrogen-bond donors (Lipinski definition) is 1. The first-order chi connectivity index (χ1) is 8.52. The van der Waals surface area contributed by atoms with Crippen molar-refractivity contribution in [3.05, 3.63) is 35.4 Å². The van der Waals surface area contributed by atoms with Crippen LogP contribution in [0.1, 0.15) is 29.8 Å². The van der Waals surface area contributed by atoms with Crippen LogP contribution in [0.2, 0.25) is 0 Å². The average molecular weight is 301 g/mol. The summed E-state index contributed by atoms with van der Waals surface area (Å²) in [4.78, 5) is 14.3. The van der Waals surface area contributed by atoms with Crippen molar-refractivity contribution >= 4 is 30.1 Å². The molecular formula is C14H21ClN2OS. The first-order valence-electron chi connectivity index (χ1n) is 6.24. The van der Waals surface area contributed by atoms with Gasteiger partial charge in [0, 0.05) is 35.7 Å². The minimum Gasteiger partial charge on any atom is -0.336 e. The Bertz CT molecular complexity index is 434. The van der Waals surface area contributed by atoms with E-state index in [1.165, 1.54) is 0 Å². The van der Waals surface area contributed by atoms with Crippen molar-refractivity contribution in [2.75, 3.05) is 18.8 Å². The van der Waals surface area contributed by atoms with Gasteiger partial charge in [-0.05, 0) is 31.5 Å². The van der Waals surface area contributed by atoms with Gasteiger partial charge in [-0.2, -0.15) is 11.8 Å². The Morgan fingerprint density at radius 3 is 2.53 bits per heavy atom. The lowest BCUT2D eigenvalue weighted by atomic mass is 10.1. The summed E-state index contributed by atoms with van der Waals surface area (Å²) in [6.07, 6.45) is 0. The summed E-state index contributed by atoms with van der Waals surface area (Å²) in [5.41, 5.74) is 7.37. The lowest BCUT2D eigenvalue weighted by Crippen LogP contribution is -2.46. The van der Waals surface area contributed by atoms with Crippen molar-refractivity contribution in [1.82, 2.24) is 4.90 Å². The zero-order chi connectivity index (χ0) is 13.2. The molecule has 1 aromatic carbocycles. The molecule has 1 aliphatic heterocycles. The molecular weight excluding hydrogens is 280 g/mol. The van der Waals surface area contributed by atoms with Gasteiger partial charge in [-0.25, -0.2) is 0 Å². The summed E-state index contributed by atoms with van der Waals surface area (Å²) in [5.74, 6) is 1.14. The monoisotopic (exact) mass is 300 g/mol. The van der Waals surface area contributed by atoms with E-state index in [0.29, 0.717) is 6.54 Å². The van der Waals surface area contributed by atoms with Crippen LogP contribution < -0.4 is 5.73 Å². The van der Waals surface area contributed by atoms with Gasteiger partial charge >= 0.3 is 0 Å². The lowest BCUT2D eigenvalue weighted by molar-refractivity contribution is 0.0748. The Morgan fingerprint density at radius 1 is 1.37 bits per heavy atom. The van der Waals surface area contributed by atoms with Gasteiger partial charge in [0.2, 0.25) is 0 Å². The lowest BCUT2D eigenvalue weighted by Gasteiger charge is -2.37. The van der Waals surface area contributed by atoms with Gasteiger partial charge in [0.25, 0.3) is 5.91 Å². The van der Waals surface area contributed by atoms with Crippen LogP contribution in [-0.4, -0.2) is 34.4 Å². The number of carbonyl (C=O) groups is 1. The summed E-state index contributed by atoms with van der Waals surface area (Å²) in [7, 11) is 0. The van der Waals surface area contributed by atoms with Crippen molar-refractivity contribution in [3.8, 4) is 0 Å². The Kier molecular flexibility index (Phi) is 5.71. The van der Waals surface area contributed by atoms with Crippen molar-refractivity contribution in [2.24, 2.45) is 5.73 Å². The van der Waals surface area contributed by atoms with Gasteiger partial charge in [-0.3, -0.25) is 4.79 Å². The molecule has 0 saturated carbocycles. The van der Waals surface area contributed by atoms with E-state index < -0.39 is 0 Å². The maximum atomic E-state index is 12.4. The fourth-order valence-electron chi connectivity index (χ4n) is 2.16. The Balaban J connectivity index is 0.00000180. The molecule has 0 unspecified atom stereocenters. The predicted molar refractivity (Wildman–Crippen MR) is 84.0 cm³/mol. The predicted octanol–water partition coefficient (Wildman–Crippen LogP) is 2.53. The van der Waals surface area contributed by atoms with E-state index in [4.69, 9.17) is 5.73 Å². The molecule has 0 spiro atoms. The number of carbonyl (C=O) groups excluding carboxylic acids is 1. The molecule has 2 N–H and O–H groups in total. The van der Waals surface area contributed by atoms with Gasteiger partial charge < -0.3 is 10.6 Å². The van der Waals surface area contributed by atoms with Gasteiger partial charge in [0.1, 0.15) is 0 Å². The Morgan fingerprint density at radius 2 is 2.00 bits per heavy atom. The number of rotatable bonds is 2. The second-order valence-corrected chi connectivity index (χ2v) is 7.04. The van der Waals surface area contributed by atoms with Crippen LogP contribution in [0, 0.1) is 0 Å². The van der Waals surface area contributed by atoms with Crippen LogP contribution in [0.15, 0.2) is 24.3 Å². The summed E-state index contributed by atoms with van der Waals surface area (Å²) in [6, 6.07) is 7.60. The normalized spacial score (nSPS) is 17.7. The molecule has 1 saturated heterocycles. The first-order valence-corrected chi connectivity index (χ1v) is 7.23. The second kappa shape index (κ2) is 6.64. The highest BCUT2D eigenvalue weighted by Crippen LogP contribution is 2.30. The number of hydrogen-bond acceptors (Lipinski definition) is 3. The fraction of sp³-hybridized carbons (Fsp3) is 0.500. The highest BCUT2D eigenvalue weighted by molar-refractivity contribution is 8.00. The number of amides is 1. The third-order valence-electron chi connectivity index (χ3n) is 3.15. The smallest absolute Gasteiger partial charge is 0.253 e. The van der Waals surface area contributed by atoms with Crippen molar-refractivity contribution in [3.63, 3.8) is 0 Å². The highest BCUT2D eigenvalue weighted by atomic mass is 35.5. The van der Waals surface area contributed by atoms with Crippen LogP contribution in [0.3, 0.4) is 0 Å². The molecule has 0 bridgehead atoms. The quantitative estimate of drug-likeness (QED) is 0.913. The van der Waals surface area contributed by atoms with Crippen molar-refractivity contribution < 1.29 is 4.79 Å². The highest BCUT2D eigenvalue weighted by Gasteiger charge is 2.30. The number of thioether (sulfide) groups is 1. The standard InChI is InChI=1S/C14H20N2OS.ClH/c1-14(2)10-16(7-8-18-14)13(17)12-5-3-11(9-15)4-6-12;/h3-6H,7-10,15H2,1-2H3;1H. The Hall–Kier alpha value is -0.710.